The van der Waals surface area contributed by atoms with Gasteiger partial charge in [-0.25, -0.2) is 4.98 Å². The maximum absolute atomic E-state index is 6.93. The second-order valence-corrected chi connectivity index (χ2v) is 11.3. The van der Waals surface area contributed by atoms with Gasteiger partial charge in [0, 0.05) is 11.1 Å². The number of aromatic amines is 1. The number of benzene rings is 3. The van der Waals surface area contributed by atoms with Crippen molar-refractivity contribution >= 4 is 11.0 Å². The summed E-state index contributed by atoms with van der Waals surface area (Å²) in [6.07, 6.45) is -0.629. The van der Waals surface area contributed by atoms with E-state index in [1.54, 1.807) is 0 Å². The van der Waals surface area contributed by atoms with Crippen molar-refractivity contribution in [1.29, 1.82) is 0 Å². The molecule has 1 aromatic heterocycles. The third kappa shape index (κ3) is 3.30. The molecule has 2 heterocycles. The van der Waals surface area contributed by atoms with E-state index in [0.717, 1.165) is 33.9 Å². The average Bonchev–Trinajstić information content (AvgIpc) is 3.29. The number of nitrogens with one attached hydrogen (secondary N) is 1. The summed E-state index contributed by atoms with van der Waals surface area (Å²) < 4.78 is 16.1. The molecular formula is C33H41N2O2+. The summed E-state index contributed by atoms with van der Waals surface area (Å²) in [7, 11) is 0. The van der Waals surface area contributed by atoms with Gasteiger partial charge in [-0.3, -0.25) is 0 Å². The van der Waals surface area contributed by atoms with Crippen molar-refractivity contribution in [2.75, 3.05) is 0 Å². The number of hydrogen-bond acceptors (Lipinski definition) is 2. The number of hydrogen-bond donors (Lipinski definition) is 1. The van der Waals surface area contributed by atoms with E-state index in [2.05, 4.69) is 99.6 Å². The van der Waals surface area contributed by atoms with Crippen LogP contribution in [-0.4, -0.2) is 4.98 Å². The van der Waals surface area contributed by atoms with Crippen molar-refractivity contribution < 1.29 is 14.0 Å². The third-order valence-corrected chi connectivity index (χ3v) is 9.83. The van der Waals surface area contributed by atoms with Crippen LogP contribution in [0.4, 0.5) is 0 Å². The lowest BCUT2D eigenvalue weighted by molar-refractivity contribution is -0.759. The van der Waals surface area contributed by atoms with Crippen molar-refractivity contribution in [1.82, 2.24) is 4.98 Å². The van der Waals surface area contributed by atoms with E-state index in [0.29, 0.717) is 0 Å². The van der Waals surface area contributed by atoms with Crippen LogP contribution in [0.2, 0.25) is 0 Å². The van der Waals surface area contributed by atoms with Gasteiger partial charge in [-0.05, 0) is 151 Å². The molecule has 4 aromatic rings. The summed E-state index contributed by atoms with van der Waals surface area (Å²) in [4.78, 5) is 3.84. The van der Waals surface area contributed by atoms with Gasteiger partial charge in [0.2, 0.25) is 0 Å². The van der Waals surface area contributed by atoms with E-state index < -0.39 is 6.41 Å². The van der Waals surface area contributed by atoms with Crippen molar-refractivity contribution in [2.45, 2.75) is 96.4 Å². The van der Waals surface area contributed by atoms with Gasteiger partial charge in [-0.2, -0.15) is 0 Å². The summed E-state index contributed by atoms with van der Waals surface area (Å²) >= 11 is 0. The van der Waals surface area contributed by atoms with Crippen LogP contribution in [0.1, 0.15) is 78.7 Å². The van der Waals surface area contributed by atoms with Gasteiger partial charge in [0.1, 0.15) is 17.1 Å². The molecule has 1 atom stereocenters. The Morgan fingerprint density at radius 2 is 1.00 bits per heavy atom. The van der Waals surface area contributed by atoms with Gasteiger partial charge in [-0.1, -0.05) is 0 Å². The highest BCUT2D eigenvalue weighted by Crippen LogP contribution is 2.45. The van der Waals surface area contributed by atoms with Crippen LogP contribution in [0.3, 0.4) is 0 Å². The number of aromatic nitrogens is 2. The first-order valence-corrected chi connectivity index (χ1v) is 13.3. The van der Waals surface area contributed by atoms with Crippen molar-refractivity contribution in [3.8, 4) is 22.9 Å². The Morgan fingerprint density at radius 3 is 1.59 bits per heavy atom. The molecule has 1 N–H and O–H groups in total. The predicted molar refractivity (Wildman–Crippen MR) is 152 cm³/mol. The van der Waals surface area contributed by atoms with Crippen LogP contribution in [0, 0.1) is 90.0 Å². The van der Waals surface area contributed by atoms with Gasteiger partial charge in [0.25, 0.3) is 5.82 Å². The van der Waals surface area contributed by atoms with Crippen LogP contribution in [0.25, 0.3) is 22.4 Å². The van der Waals surface area contributed by atoms with Crippen molar-refractivity contribution in [2.24, 2.45) is 0 Å². The first kappa shape index (κ1) is 25.4. The molecule has 0 saturated carbocycles. The normalized spacial score (nSPS) is 14.6. The van der Waals surface area contributed by atoms with Gasteiger partial charge >= 0.3 is 6.41 Å². The zero-order valence-electron chi connectivity index (χ0n) is 24.8. The van der Waals surface area contributed by atoms with E-state index in [-0.39, 0.29) is 0 Å². The van der Waals surface area contributed by atoms with E-state index in [1.807, 2.05) is 0 Å². The zero-order valence-corrected chi connectivity index (χ0v) is 24.8. The molecule has 0 spiro atoms. The second-order valence-electron chi connectivity index (χ2n) is 11.3. The zero-order chi connectivity index (χ0) is 27.2. The summed E-state index contributed by atoms with van der Waals surface area (Å²) in [6, 6.07) is 0. The Labute approximate surface area is 221 Å². The van der Waals surface area contributed by atoms with Gasteiger partial charge in [0.15, 0.2) is 11.0 Å². The highest BCUT2D eigenvalue weighted by atomic mass is 16.7. The fourth-order valence-electron chi connectivity index (χ4n) is 6.12. The number of aryl methyl sites for hydroxylation is 2. The quantitative estimate of drug-likeness (QED) is 0.284. The number of fused-ring (bicyclic) bond motifs is 5. The number of rotatable bonds is 2. The monoisotopic (exact) mass is 497 g/mol. The van der Waals surface area contributed by atoms with Crippen molar-refractivity contribution in [3.05, 3.63) is 72.3 Å². The minimum atomic E-state index is -0.629. The summed E-state index contributed by atoms with van der Waals surface area (Å²) in [5.74, 6) is 2.88. The molecule has 0 bridgehead atoms. The Bertz CT molecular complexity index is 1620. The maximum Gasteiger partial charge on any atom is 0.404 e. The van der Waals surface area contributed by atoms with Crippen LogP contribution in [-0.2, 0) is 0 Å². The Balaban J connectivity index is 1.88. The summed E-state index contributed by atoms with van der Waals surface area (Å²) in [6.45, 7) is 28.5. The van der Waals surface area contributed by atoms with Gasteiger partial charge < -0.3 is 9.47 Å². The first-order chi connectivity index (χ1) is 17.3. The average molecular weight is 498 g/mol. The highest BCUT2D eigenvalue weighted by Gasteiger charge is 2.41. The second kappa shape index (κ2) is 8.37. The van der Waals surface area contributed by atoms with E-state index in [9.17, 15) is 0 Å². The lowest BCUT2D eigenvalue weighted by atomic mass is 9.92. The van der Waals surface area contributed by atoms with E-state index in [4.69, 9.17) is 9.47 Å². The predicted octanol–water partition coefficient (Wildman–Crippen LogP) is 8.06. The van der Waals surface area contributed by atoms with Crippen molar-refractivity contribution in [3.63, 3.8) is 0 Å². The minimum absolute atomic E-state index is 0.629. The SMILES string of the molecule is Cc1c(C)c(C)c(OC2Oc3c(C)c(C)c(C)c(C)c3-c3[nH]c4c(C)c(C)c(C)c(C)c4[n+]32)c(C)c1C. The van der Waals surface area contributed by atoms with Gasteiger partial charge in [0.05, 0.1) is 0 Å². The number of imidazole rings is 1. The molecule has 0 fully saturated rings. The molecule has 4 heteroatoms. The van der Waals surface area contributed by atoms with Crippen LogP contribution in [0.15, 0.2) is 0 Å². The lowest BCUT2D eigenvalue weighted by Gasteiger charge is -2.29. The Hall–Kier alpha value is -3.27. The standard InChI is InChI=1S/C33H40N2O2/c1-14-18(5)24(11)30(25(12)19(14)6)36-33-35-29-23(10)17(4)16(3)22(9)28(29)34-32(35)27-21(8)15(2)20(7)26(13)31(27)37-33/h33H,1-13H3/p+1. The Morgan fingerprint density at radius 1 is 0.541 bits per heavy atom. The largest absolute Gasteiger partial charge is 0.419 e. The molecule has 0 saturated heterocycles. The van der Waals surface area contributed by atoms with E-state index >= 15 is 0 Å². The first-order valence-electron chi connectivity index (χ1n) is 13.3. The molecule has 0 radical (unpaired) electrons. The van der Waals surface area contributed by atoms with E-state index in [1.165, 1.54) is 72.3 Å². The number of H-pyrrole nitrogens is 1. The summed E-state index contributed by atoms with van der Waals surface area (Å²) in [5, 5.41) is 0. The molecule has 37 heavy (non-hydrogen) atoms. The number of ether oxygens (including phenoxy) is 2. The molecule has 3 aromatic carbocycles. The molecule has 194 valence electrons. The summed E-state index contributed by atoms with van der Waals surface area (Å²) in [5.41, 5.74) is 19.8. The molecule has 0 aliphatic carbocycles. The third-order valence-electron chi connectivity index (χ3n) is 9.83. The molecule has 5 rings (SSSR count). The van der Waals surface area contributed by atoms with Crippen LogP contribution in [0.5, 0.6) is 11.5 Å². The molecule has 1 unspecified atom stereocenters. The maximum atomic E-state index is 6.93. The van der Waals surface area contributed by atoms with Crippen LogP contribution >= 0.6 is 0 Å². The molecule has 0 amide bonds. The highest BCUT2D eigenvalue weighted by molar-refractivity contribution is 5.86. The molecular weight excluding hydrogens is 456 g/mol. The fraction of sp³-hybridized carbons (Fsp3) is 0.424. The minimum Gasteiger partial charge on any atom is -0.419 e. The fourth-order valence-corrected chi connectivity index (χ4v) is 6.12. The molecule has 1 aliphatic heterocycles. The molecule has 4 nitrogen and oxygen atoms in total. The topological polar surface area (TPSA) is 38.1 Å². The van der Waals surface area contributed by atoms with Gasteiger partial charge in [-0.15, -0.1) is 4.57 Å². The van der Waals surface area contributed by atoms with Crippen LogP contribution < -0.4 is 14.0 Å². The lowest BCUT2D eigenvalue weighted by Crippen LogP contribution is -2.50. The Kier molecular flexibility index (Phi) is 5.74. The number of nitrogens with zero attached hydrogens (tertiary/aromatic N) is 1. The molecule has 1 aliphatic rings. The smallest absolute Gasteiger partial charge is 0.404 e.